The predicted molar refractivity (Wildman–Crippen MR) is 116 cm³/mol. The second-order valence-electron chi connectivity index (χ2n) is 5.89. The van der Waals surface area contributed by atoms with Crippen LogP contribution < -0.4 is 25.4 Å². The Balaban J connectivity index is 1.97. The van der Waals surface area contributed by atoms with Gasteiger partial charge in [0.05, 0.1) is 26.0 Å². The van der Waals surface area contributed by atoms with Gasteiger partial charge >= 0.3 is 5.97 Å². The highest BCUT2D eigenvalue weighted by Crippen LogP contribution is 2.30. The maximum absolute atomic E-state index is 12.7. The number of rotatable bonds is 6. The van der Waals surface area contributed by atoms with Crippen molar-refractivity contribution >= 4 is 40.3 Å². The Hall–Kier alpha value is -3.65. The molecule has 0 fully saturated rings. The molecule has 3 aromatic rings. The van der Waals surface area contributed by atoms with Crippen LogP contribution in [0.15, 0.2) is 59.7 Å². The molecule has 0 radical (unpaired) electrons. The normalized spacial score (nSPS) is 10.7. The Morgan fingerprint density at radius 2 is 1.76 bits per heavy atom. The van der Waals surface area contributed by atoms with Gasteiger partial charge in [-0.3, -0.25) is 5.43 Å². The van der Waals surface area contributed by atoms with Gasteiger partial charge in [0.25, 0.3) is 0 Å². The van der Waals surface area contributed by atoms with Gasteiger partial charge in [-0.25, -0.2) is 4.79 Å². The molecule has 148 valence electrons. The third-order valence-electron chi connectivity index (χ3n) is 4.12. The van der Waals surface area contributed by atoms with E-state index in [-0.39, 0.29) is 5.11 Å². The molecule has 0 atom stereocenters. The highest BCUT2D eigenvalue weighted by Gasteiger charge is 2.16. The monoisotopic (exact) mass is 409 g/mol. The van der Waals surface area contributed by atoms with Crippen molar-refractivity contribution < 1.29 is 19.0 Å². The summed E-state index contributed by atoms with van der Waals surface area (Å²) in [5.74, 6) is 0.754. The predicted octanol–water partition coefficient (Wildman–Crippen LogP) is 3.24. The fourth-order valence-electron chi connectivity index (χ4n) is 2.78. The summed E-state index contributed by atoms with van der Waals surface area (Å²) in [4.78, 5) is 12.7. The fourth-order valence-corrected chi connectivity index (χ4v) is 2.83. The van der Waals surface area contributed by atoms with Crippen LogP contribution in [0.1, 0.15) is 15.9 Å². The van der Waals surface area contributed by atoms with Crippen molar-refractivity contribution in [1.82, 2.24) is 5.43 Å². The Kier molecular flexibility index (Phi) is 6.25. The Labute approximate surface area is 173 Å². The first kappa shape index (κ1) is 20.1. The number of hydrogen-bond acceptors (Lipinski definition) is 6. The zero-order valence-electron chi connectivity index (χ0n) is 15.8. The lowest BCUT2D eigenvalue weighted by molar-refractivity contribution is 0.0734. The third kappa shape index (κ3) is 4.61. The highest BCUT2D eigenvalue weighted by molar-refractivity contribution is 7.80. The smallest absolute Gasteiger partial charge is 0.343 e. The minimum Gasteiger partial charge on any atom is -0.493 e. The van der Waals surface area contributed by atoms with Crippen LogP contribution in [0.5, 0.6) is 17.2 Å². The molecule has 0 aliphatic rings. The number of esters is 1. The average molecular weight is 409 g/mol. The van der Waals surface area contributed by atoms with E-state index in [2.05, 4.69) is 10.5 Å². The van der Waals surface area contributed by atoms with Crippen LogP contribution in [0.25, 0.3) is 10.8 Å². The number of carbonyl (C=O) groups excluding carboxylic acids is 1. The van der Waals surface area contributed by atoms with E-state index in [1.165, 1.54) is 20.4 Å². The minimum absolute atomic E-state index is 0.0327. The van der Waals surface area contributed by atoms with Gasteiger partial charge in [0.2, 0.25) is 0 Å². The van der Waals surface area contributed by atoms with Gasteiger partial charge < -0.3 is 19.9 Å². The van der Waals surface area contributed by atoms with E-state index < -0.39 is 5.97 Å². The number of methoxy groups -OCH3 is 2. The van der Waals surface area contributed by atoms with E-state index in [0.717, 1.165) is 10.8 Å². The standard InChI is InChI=1S/C21H19N3O4S/c1-26-18-10-8-14(11-19(18)27-2)20(25)28-17-9-7-13-5-3-4-6-15(13)16(17)12-23-24-21(22)29/h3-12H,1-2H3,(H3,22,24,29). The zero-order chi connectivity index (χ0) is 20.8. The van der Waals surface area contributed by atoms with Crippen molar-refractivity contribution in [3.8, 4) is 17.2 Å². The van der Waals surface area contributed by atoms with E-state index >= 15 is 0 Å². The summed E-state index contributed by atoms with van der Waals surface area (Å²) in [5.41, 5.74) is 8.85. The summed E-state index contributed by atoms with van der Waals surface area (Å²) < 4.78 is 16.1. The van der Waals surface area contributed by atoms with Crippen molar-refractivity contribution in [1.29, 1.82) is 0 Å². The minimum atomic E-state index is -0.543. The number of benzene rings is 3. The van der Waals surface area contributed by atoms with Crippen LogP contribution in [0.2, 0.25) is 0 Å². The highest BCUT2D eigenvalue weighted by atomic mass is 32.1. The number of hydrogen-bond donors (Lipinski definition) is 2. The van der Waals surface area contributed by atoms with Crippen molar-refractivity contribution in [2.45, 2.75) is 0 Å². The van der Waals surface area contributed by atoms with Gasteiger partial charge in [-0.2, -0.15) is 5.10 Å². The fraction of sp³-hybridized carbons (Fsp3) is 0.0952. The maximum atomic E-state index is 12.7. The average Bonchev–Trinajstić information content (AvgIpc) is 2.74. The number of carbonyl (C=O) groups is 1. The van der Waals surface area contributed by atoms with Crippen LogP contribution in [0.3, 0.4) is 0 Å². The maximum Gasteiger partial charge on any atom is 0.343 e. The molecule has 0 saturated heterocycles. The Bertz CT molecular complexity index is 1100. The van der Waals surface area contributed by atoms with Crippen LogP contribution in [-0.2, 0) is 0 Å². The van der Waals surface area contributed by atoms with Crippen molar-refractivity contribution in [2.75, 3.05) is 14.2 Å². The molecular weight excluding hydrogens is 390 g/mol. The Morgan fingerprint density at radius 1 is 1.03 bits per heavy atom. The number of thiocarbonyl (C=S) groups is 1. The van der Waals surface area contributed by atoms with Crippen LogP contribution in [0.4, 0.5) is 0 Å². The molecule has 8 heteroatoms. The second-order valence-corrected chi connectivity index (χ2v) is 6.33. The number of hydrazone groups is 1. The summed E-state index contributed by atoms with van der Waals surface area (Å²) in [7, 11) is 3.03. The quantitative estimate of drug-likeness (QED) is 0.212. The first-order valence-electron chi connectivity index (χ1n) is 8.58. The molecule has 0 saturated carbocycles. The molecule has 0 aliphatic carbocycles. The molecular formula is C21H19N3O4S. The van der Waals surface area contributed by atoms with Crippen LogP contribution in [0, 0.1) is 0 Å². The largest absolute Gasteiger partial charge is 0.493 e. The number of nitrogens with one attached hydrogen (secondary N) is 1. The van der Waals surface area contributed by atoms with Gasteiger partial charge in [0.15, 0.2) is 16.6 Å². The summed E-state index contributed by atoms with van der Waals surface area (Å²) in [5, 5.41) is 5.87. The first-order chi connectivity index (χ1) is 14.0. The zero-order valence-corrected chi connectivity index (χ0v) is 16.7. The number of fused-ring (bicyclic) bond motifs is 1. The third-order valence-corrected chi connectivity index (χ3v) is 4.21. The van der Waals surface area contributed by atoms with Crippen LogP contribution in [-0.4, -0.2) is 31.5 Å². The number of ether oxygens (including phenoxy) is 3. The van der Waals surface area contributed by atoms with E-state index in [0.29, 0.717) is 28.4 Å². The lowest BCUT2D eigenvalue weighted by atomic mass is 10.0. The molecule has 0 unspecified atom stereocenters. The first-order valence-corrected chi connectivity index (χ1v) is 8.98. The van der Waals surface area contributed by atoms with Gasteiger partial charge in [0.1, 0.15) is 5.75 Å². The molecule has 0 amide bonds. The topological polar surface area (TPSA) is 95.2 Å². The van der Waals surface area contributed by atoms with Crippen LogP contribution >= 0.6 is 12.2 Å². The molecule has 0 spiro atoms. The summed E-state index contributed by atoms with van der Waals surface area (Å²) >= 11 is 4.76. The molecule has 0 aromatic heterocycles. The lowest BCUT2D eigenvalue weighted by Gasteiger charge is -2.12. The molecule has 0 aliphatic heterocycles. The van der Waals surface area contributed by atoms with Crippen molar-refractivity contribution in [3.05, 3.63) is 65.7 Å². The van der Waals surface area contributed by atoms with E-state index in [1.54, 1.807) is 24.3 Å². The molecule has 0 heterocycles. The molecule has 7 nitrogen and oxygen atoms in total. The van der Waals surface area contributed by atoms with E-state index in [1.807, 2.05) is 30.3 Å². The Morgan fingerprint density at radius 3 is 2.48 bits per heavy atom. The molecule has 0 bridgehead atoms. The number of nitrogens with two attached hydrogens (primary N) is 1. The van der Waals surface area contributed by atoms with Gasteiger partial charge in [0, 0.05) is 5.56 Å². The molecule has 3 aromatic carbocycles. The van der Waals surface area contributed by atoms with E-state index in [4.69, 9.17) is 32.2 Å². The van der Waals surface area contributed by atoms with Gasteiger partial charge in [-0.15, -0.1) is 0 Å². The van der Waals surface area contributed by atoms with Gasteiger partial charge in [-0.05, 0) is 47.3 Å². The second kappa shape index (κ2) is 9.03. The van der Waals surface area contributed by atoms with Gasteiger partial charge in [-0.1, -0.05) is 30.3 Å². The summed E-state index contributed by atoms with van der Waals surface area (Å²) in [6.45, 7) is 0. The van der Waals surface area contributed by atoms with Crippen molar-refractivity contribution in [3.63, 3.8) is 0 Å². The van der Waals surface area contributed by atoms with Crippen molar-refractivity contribution in [2.24, 2.45) is 10.8 Å². The lowest BCUT2D eigenvalue weighted by Crippen LogP contribution is -2.24. The molecule has 29 heavy (non-hydrogen) atoms. The van der Waals surface area contributed by atoms with E-state index in [9.17, 15) is 4.79 Å². The number of nitrogens with zero attached hydrogens (tertiary/aromatic N) is 1. The molecule has 3 rings (SSSR count). The summed E-state index contributed by atoms with van der Waals surface area (Å²) in [6, 6.07) is 16.1. The molecule has 3 N–H and O–H groups in total. The SMILES string of the molecule is COc1ccc(C(=O)Oc2ccc3ccccc3c2C=NNC(N)=S)cc1OC. The summed E-state index contributed by atoms with van der Waals surface area (Å²) in [6.07, 6.45) is 1.51.